The Labute approximate surface area is 369 Å². The first-order valence-electron chi connectivity index (χ1n) is 23.6. The van der Waals surface area contributed by atoms with Gasteiger partial charge in [0.2, 0.25) is 0 Å². The Hall–Kier alpha value is -6.11. The Morgan fingerprint density at radius 3 is 2.37 bits per heavy atom. The highest BCUT2D eigenvalue weighted by Crippen LogP contribution is 2.46. The van der Waals surface area contributed by atoms with Crippen molar-refractivity contribution in [1.29, 1.82) is 0 Å². The minimum absolute atomic E-state index is 0.0704. The Kier molecular flexibility index (Phi) is 9.10. The number of nitrogens with zero attached hydrogens (tertiary/aromatic N) is 1. The van der Waals surface area contributed by atoms with Gasteiger partial charge in [-0.1, -0.05) is 114 Å². The molecule has 9 aliphatic rings. The number of furan rings is 2. The van der Waals surface area contributed by atoms with Gasteiger partial charge in [0.25, 0.3) is 0 Å². The molecule has 6 nitrogen and oxygen atoms in total. The summed E-state index contributed by atoms with van der Waals surface area (Å²) in [6.45, 7) is 0. The summed E-state index contributed by atoms with van der Waals surface area (Å²) in [6, 6.07) is 15.6. The van der Waals surface area contributed by atoms with E-state index in [2.05, 4.69) is 138 Å². The van der Waals surface area contributed by atoms with Crippen LogP contribution in [0.2, 0.25) is 0 Å². The molecule has 0 saturated carbocycles. The van der Waals surface area contributed by atoms with Crippen molar-refractivity contribution < 1.29 is 13.6 Å². The van der Waals surface area contributed by atoms with Crippen LogP contribution in [0.4, 0.5) is 0 Å². The summed E-state index contributed by atoms with van der Waals surface area (Å²) < 4.78 is 18.9. The number of benzene rings is 2. The molecule has 0 saturated heterocycles. The minimum Gasteiger partial charge on any atom is -0.490 e. The third-order valence-corrected chi connectivity index (χ3v) is 15.2. The smallest absolute Gasteiger partial charge is 0.135 e. The number of allylic oxidation sites excluding steroid dienone is 12. The molecule has 4 aromatic rings. The predicted molar refractivity (Wildman–Crippen MR) is 253 cm³/mol. The zero-order valence-corrected chi connectivity index (χ0v) is 35.7. The summed E-state index contributed by atoms with van der Waals surface area (Å²) in [5.74, 6) is 6.81. The zero-order chi connectivity index (χ0) is 41.4. The van der Waals surface area contributed by atoms with Gasteiger partial charge in [-0.3, -0.25) is 5.32 Å². The molecule has 2 aromatic heterocycles. The summed E-state index contributed by atoms with van der Waals surface area (Å²) in [7, 11) is 0. The van der Waals surface area contributed by atoms with E-state index in [4.69, 9.17) is 18.6 Å². The van der Waals surface area contributed by atoms with Gasteiger partial charge in [0.05, 0.1) is 0 Å². The second-order valence-corrected chi connectivity index (χ2v) is 18.9. The van der Waals surface area contributed by atoms with E-state index >= 15 is 0 Å². The molecule has 2 aromatic carbocycles. The lowest BCUT2D eigenvalue weighted by molar-refractivity contribution is 0.135. The zero-order valence-electron chi connectivity index (χ0n) is 35.7. The van der Waals surface area contributed by atoms with Crippen LogP contribution in [0.15, 0.2) is 157 Å². The average molecular weight is 828 g/mol. The third kappa shape index (κ3) is 6.68. The molecule has 314 valence electrons. The molecule has 6 heteroatoms. The van der Waals surface area contributed by atoms with Crippen molar-refractivity contribution in [2.75, 3.05) is 0 Å². The van der Waals surface area contributed by atoms with E-state index in [9.17, 15) is 0 Å². The third-order valence-electron chi connectivity index (χ3n) is 15.2. The molecule has 7 aliphatic carbocycles. The van der Waals surface area contributed by atoms with Crippen molar-refractivity contribution in [3.8, 4) is 11.1 Å². The molecular formula is C57H53N3O3. The topological polar surface area (TPSA) is 71.9 Å². The van der Waals surface area contributed by atoms with Crippen LogP contribution in [0.5, 0.6) is 0 Å². The SMILES string of the molecule is C1=CC2=C(CC1)OC1C=CC(C3=CC=C(C4N=C(c5ccc(-c6ccc7oc8c(c7c6)CCC=C8)cc5)NC(C5=CCC(C6=Cc7c(oc8c7C=CCC8)CC6)C=C5)N4)CC3)CC21. The summed E-state index contributed by atoms with van der Waals surface area (Å²) in [5.41, 5.74) is 15.5. The molecule has 4 heterocycles. The normalized spacial score (nSPS) is 27.8. The molecular weight excluding hydrogens is 775 g/mol. The molecule has 63 heavy (non-hydrogen) atoms. The van der Waals surface area contributed by atoms with Crippen molar-refractivity contribution >= 4 is 35.0 Å². The fraction of sp³-hybridized carbons (Fsp3) is 0.316. The molecule has 0 fully saturated rings. The lowest BCUT2D eigenvalue weighted by atomic mass is 9.75. The molecule has 6 unspecified atom stereocenters. The van der Waals surface area contributed by atoms with Gasteiger partial charge in [-0.15, -0.1) is 0 Å². The standard InChI is InChI=1S/C57H53N3O3/c1-4-10-49-43(7-1)46-31-40(25-28-52(46)61-49)34-13-19-37(20-14-34)55-58-56(38-21-15-35(16-22-38)41-26-29-53-47(32-41)44-8-2-5-11-50(44)62-53)60-57(59-55)39-23-17-36(18-24-39)42-27-30-54-48(33-42)45-9-3-6-12-51(45)63-54/h1-2,6-8,12-13,15,17-21,23-24,26-27,29-31,33-34,41,47,53,55-56,58H,3-5,9-11,14,16,22,25,28,32H2,(H,59,60). The maximum atomic E-state index is 6.39. The second kappa shape index (κ2) is 15.3. The van der Waals surface area contributed by atoms with Crippen molar-refractivity contribution in [1.82, 2.24) is 10.6 Å². The van der Waals surface area contributed by atoms with Crippen molar-refractivity contribution in [2.24, 2.45) is 22.7 Å². The number of hydrogen-bond acceptors (Lipinski definition) is 6. The molecule has 0 spiro atoms. The highest BCUT2D eigenvalue weighted by molar-refractivity contribution is 6.00. The number of nitrogens with one attached hydrogen (secondary N) is 2. The molecule has 6 atom stereocenters. The number of ether oxygens (including phenoxy) is 1. The van der Waals surface area contributed by atoms with E-state index in [0.717, 1.165) is 99.8 Å². The first kappa shape index (κ1) is 37.4. The van der Waals surface area contributed by atoms with Crippen LogP contribution in [0.1, 0.15) is 97.3 Å². The van der Waals surface area contributed by atoms with E-state index in [1.54, 1.807) is 0 Å². The molecule has 2 aliphatic heterocycles. The van der Waals surface area contributed by atoms with Crippen LogP contribution in [0.25, 0.3) is 40.3 Å². The predicted octanol–water partition coefficient (Wildman–Crippen LogP) is 12.6. The highest BCUT2D eigenvalue weighted by Gasteiger charge is 2.39. The fourth-order valence-electron chi connectivity index (χ4n) is 11.7. The molecule has 13 rings (SSSR count). The van der Waals surface area contributed by atoms with Gasteiger partial charge in [0.1, 0.15) is 52.9 Å². The van der Waals surface area contributed by atoms with Gasteiger partial charge in [-0.05, 0) is 116 Å². The number of fused-ring (bicyclic) bond motifs is 8. The summed E-state index contributed by atoms with van der Waals surface area (Å²) in [5, 5.41) is 9.04. The maximum Gasteiger partial charge on any atom is 0.135 e. The fourth-order valence-corrected chi connectivity index (χ4v) is 11.7. The highest BCUT2D eigenvalue weighted by atomic mass is 16.5. The number of hydrogen-bond donors (Lipinski definition) is 2. The lowest BCUT2D eigenvalue weighted by Gasteiger charge is -2.36. The lowest BCUT2D eigenvalue weighted by Crippen LogP contribution is -2.55. The van der Waals surface area contributed by atoms with Gasteiger partial charge in [-0.2, -0.15) is 0 Å². The molecule has 0 radical (unpaired) electrons. The first-order valence-corrected chi connectivity index (χ1v) is 23.6. The van der Waals surface area contributed by atoms with Crippen LogP contribution in [0, 0.1) is 17.8 Å². The summed E-state index contributed by atoms with van der Waals surface area (Å²) >= 11 is 0. The van der Waals surface area contributed by atoms with E-state index in [0.29, 0.717) is 17.8 Å². The quantitative estimate of drug-likeness (QED) is 0.189. The Morgan fingerprint density at radius 1 is 0.651 bits per heavy atom. The van der Waals surface area contributed by atoms with Gasteiger partial charge in [-0.25, -0.2) is 4.99 Å². The van der Waals surface area contributed by atoms with Gasteiger partial charge in [0, 0.05) is 58.7 Å². The summed E-state index contributed by atoms with van der Waals surface area (Å²) in [4.78, 5) is 5.43. The first-order chi connectivity index (χ1) is 31.1. The van der Waals surface area contributed by atoms with Crippen LogP contribution in [-0.4, -0.2) is 24.3 Å². The number of aliphatic imine (C=N–C) groups is 1. The van der Waals surface area contributed by atoms with E-state index in [1.807, 2.05) is 0 Å². The molecule has 0 amide bonds. The monoisotopic (exact) mass is 827 g/mol. The van der Waals surface area contributed by atoms with Gasteiger partial charge in [0.15, 0.2) is 0 Å². The number of amidine groups is 1. The van der Waals surface area contributed by atoms with E-state index in [1.165, 1.54) is 78.3 Å². The second-order valence-electron chi connectivity index (χ2n) is 18.9. The van der Waals surface area contributed by atoms with Crippen LogP contribution < -0.4 is 10.6 Å². The largest absolute Gasteiger partial charge is 0.490 e. The van der Waals surface area contributed by atoms with Gasteiger partial charge < -0.3 is 18.9 Å². The number of aryl methyl sites for hydroxylation is 3. The summed E-state index contributed by atoms with van der Waals surface area (Å²) in [6.07, 6.45) is 45.3. The average Bonchev–Trinajstić information content (AvgIpc) is 4.04. The van der Waals surface area contributed by atoms with Crippen molar-refractivity contribution in [3.63, 3.8) is 0 Å². The van der Waals surface area contributed by atoms with Crippen LogP contribution in [-0.2, 0) is 24.0 Å². The maximum absolute atomic E-state index is 6.39. The Balaban J connectivity index is 0.777. The van der Waals surface area contributed by atoms with E-state index < -0.39 is 0 Å². The Morgan fingerprint density at radius 2 is 1.46 bits per heavy atom. The molecule has 0 bridgehead atoms. The van der Waals surface area contributed by atoms with Gasteiger partial charge >= 0.3 is 0 Å². The number of rotatable bonds is 6. The molecule has 2 N–H and O–H groups in total. The van der Waals surface area contributed by atoms with Crippen molar-refractivity contribution in [3.05, 3.63) is 182 Å². The van der Waals surface area contributed by atoms with Crippen LogP contribution in [0.3, 0.4) is 0 Å². The Bertz CT molecular complexity index is 2910. The minimum atomic E-state index is -0.131. The van der Waals surface area contributed by atoms with E-state index in [-0.39, 0.29) is 18.4 Å². The van der Waals surface area contributed by atoms with Crippen molar-refractivity contribution in [2.45, 2.75) is 95.5 Å². The van der Waals surface area contributed by atoms with Crippen LogP contribution >= 0.6 is 0 Å².